The van der Waals surface area contributed by atoms with E-state index in [0.29, 0.717) is 29.3 Å². The second-order valence-electron chi connectivity index (χ2n) is 6.18. The molecule has 1 aliphatic heterocycles. The third-order valence-corrected chi connectivity index (χ3v) is 4.43. The van der Waals surface area contributed by atoms with Gasteiger partial charge in [0.2, 0.25) is 0 Å². The highest BCUT2D eigenvalue weighted by molar-refractivity contribution is 6.32. The van der Waals surface area contributed by atoms with Gasteiger partial charge < -0.3 is 15.0 Å². The van der Waals surface area contributed by atoms with E-state index in [9.17, 15) is 4.79 Å². The lowest BCUT2D eigenvalue weighted by Gasteiger charge is -2.21. The largest absolute Gasteiger partial charge is 0.479 e. The summed E-state index contributed by atoms with van der Waals surface area (Å²) in [5, 5.41) is 3.51. The fraction of sp³-hybridized carbons (Fsp3) is 0.588. The molecular weight excluding hydrogens is 300 g/mol. The van der Waals surface area contributed by atoms with Crippen LogP contribution in [0.25, 0.3) is 0 Å². The Hall–Kier alpha value is -1.26. The molecule has 1 aromatic carbocycles. The highest BCUT2D eigenvalue weighted by atomic mass is 35.5. The first-order chi connectivity index (χ1) is 10.5. The highest BCUT2D eigenvalue weighted by Crippen LogP contribution is 2.24. The monoisotopic (exact) mass is 324 g/mol. The Kier molecular flexibility index (Phi) is 6.09. The molecule has 5 heteroatoms. The van der Waals surface area contributed by atoms with Crippen molar-refractivity contribution in [2.45, 2.75) is 39.3 Å². The molecular formula is C17H25ClN2O2. The molecule has 1 N–H and O–H groups in total. The van der Waals surface area contributed by atoms with Crippen LogP contribution in [0.2, 0.25) is 5.02 Å². The Bertz CT molecular complexity index is 507. The molecule has 0 aromatic heterocycles. The predicted octanol–water partition coefficient (Wildman–Crippen LogP) is 2.95. The van der Waals surface area contributed by atoms with Gasteiger partial charge >= 0.3 is 0 Å². The van der Waals surface area contributed by atoms with Crippen LogP contribution in [0, 0.1) is 5.92 Å². The fourth-order valence-electron chi connectivity index (χ4n) is 2.67. The van der Waals surface area contributed by atoms with Crippen molar-refractivity contribution < 1.29 is 9.53 Å². The van der Waals surface area contributed by atoms with E-state index in [-0.39, 0.29) is 5.91 Å². The molecule has 1 saturated heterocycles. The van der Waals surface area contributed by atoms with E-state index in [1.165, 1.54) is 0 Å². The van der Waals surface area contributed by atoms with Crippen molar-refractivity contribution in [1.82, 2.24) is 10.2 Å². The van der Waals surface area contributed by atoms with Crippen molar-refractivity contribution in [2.24, 2.45) is 5.92 Å². The lowest BCUT2D eigenvalue weighted by atomic mass is 10.1. The van der Waals surface area contributed by atoms with Gasteiger partial charge in [-0.3, -0.25) is 4.79 Å². The molecule has 0 saturated carbocycles. The number of benzene rings is 1. The maximum atomic E-state index is 12.1. The molecule has 4 nitrogen and oxygen atoms in total. The molecule has 1 aliphatic rings. The maximum absolute atomic E-state index is 12.1. The normalized spacial score (nSPS) is 20.1. The number of hydrogen-bond donors (Lipinski definition) is 1. The van der Waals surface area contributed by atoms with E-state index < -0.39 is 6.10 Å². The van der Waals surface area contributed by atoms with Crippen LogP contribution in [0.5, 0.6) is 5.75 Å². The zero-order valence-corrected chi connectivity index (χ0v) is 14.3. The van der Waals surface area contributed by atoms with E-state index in [1.54, 1.807) is 19.1 Å². The molecule has 1 amide bonds. The Balaban J connectivity index is 1.77. The first kappa shape index (κ1) is 17.1. The van der Waals surface area contributed by atoms with Crippen LogP contribution in [-0.4, -0.2) is 42.6 Å². The van der Waals surface area contributed by atoms with Gasteiger partial charge in [0.15, 0.2) is 6.10 Å². The van der Waals surface area contributed by atoms with Gasteiger partial charge in [0.05, 0.1) is 5.02 Å². The summed E-state index contributed by atoms with van der Waals surface area (Å²) in [6.45, 7) is 9.04. The van der Waals surface area contributed by atoms with Crippen LogP contribution in [0.3, 0.4) is 0 Å². The minimum atomic E-state index is -0.553. The summed E-state index contributed by atoms with van der Waals surface area (Å²) < 4.78 is 5.63. The molecule has 1 aromatic rings. The quantitative estimate of drug-likeness (QED) is 0.874. The van der Waals surface area contributed by atoms with Gasteiger partial charge in [0.1, 0.15) is 5.75 Å². The summed E-state index contributed by atoms with van der Waals surface area (Å²) in [7, 11) is 0. The summed E-state index contributed by atoms with van der Waals surface area (Å²) in [6, 6.07) is 7.76. The number of nitrogens with zero attached hydrogens (tertiary/aromatic N) is 1. The van der Waals surface area contributed by atoms with Crippen LogP contribution < -0.4 is 10.1 Å². The van der Waals surface area contributed by atoms with Gasteiger partial charge in [0.25, 0.3) is 5.91 Å². The number of halogens is 1. The second-order valence-corrected chi connectivity index (χ2v) is 6.59. The second kappa shape index (κ2) is 7.84. The third-order valence-electron chi connectivity index (χ3n) is 4.12. The molecule has 2 rings (SSSR count). The molecule has 2 atom stereocenters. The van der Waals surface area contributed by atoms with Crippen molar-refractivity contribution >= 4 is 17.5 Å². The van der Waals surface area contributed by atoms with Crippen molar-refractivity contribution in [2.75, 3.05) is 19.6 Å². The number of hydrogen-bond acceptors (Lipinski definition) is 3. The fourth-order valence-corrected chi connectivity index (χ4v) is 2.85. The topological polar surface area (TPSA) is 41.6 Å². The molecule has 0 aliphatic carbocycles. The Morgan fingerprint density at radius 3 is 2.77 bits per heavy atom. The number of nitrogens with one attached hydrogen (secondary N) is 1. The summed E-state index contributed by atoms with van der Waals surface area (Å²) in [6.07, 6.45) is 0.584. The summed E-state index contributed by atoms with van der Waals surface area (Å²) in [4.78, 5) is 14.6. The van der Waals surface area contributed by atoms with Crippen molar-refractivity contribution in [3.05, 3.63) is 29.3 Å². The number of rotatable bonds is 6. The first-order valence-electron chi connectivity index (χ1n) is 7.90. The van der Waals surface area contributed by atoms with E-state index in [4.69, 9.17) is 16.3 Å². The Morgan fingerprint density at radius 2 is 2.14 bits per heavy atom. The van der Waals surface area contributed by atoms with Gasteiger partial charge in [-0.1, -0.05) is 23.7 Å². The van der Waals surface area contributed by atoms with Gasteiger partial charge in [-0.2, -0.15) is 0 Å². The average Bonchev–Trinajstić information content (AvgIpc) is 2.96. The molecule has 122 valence electrons. The van der Waals surface area contributed by atoms with E-state index in [0.717, 1.165) is 19.5 Å². The first-order valence-corrected chi connectivity index (χ1v) is 8.28. The minimum Gasteiger partial charge on any atom is -0.479 e. The van der Waals surface area contributed by atoms with Crippen LogP contribution in [0.15, 0.2) is 24.3 Å². The summed E-state index contributed by atoms with van der Waals surface area (Å²) >= 11 is 6.04. The molecule has 1 heterocycles. The van der Waals surface area contributed by atoms with Crippen molar-refractivity contribution in [1.29, 1.82) is 0 Å². The molecule has 0 radical (unpaired) electrons. The standard InChI is InChI=1S/C17H25ClN2O2/c1-12(2)20-9-8-14(11-20)10-19-17(21)13(3)22-16-7-5-4-6-15(16)18/h4-7,12-14H,8-11H2,1-3H3,(H,19,21). The van der Waals surface area contributed by atoms with E-state index in [1.807, 2.05) is 12.1 Å². The number of ether oxygens (including phenoxy) is 1. The van der Waals surface area contributed by atoms with Gasteiger partial charge in [-0.05, 0) is 51.8 Å². The molecule has 22 heavy (non-hydrogen) atoms. The highest BCUT2D eigenvalue weighted by Gasteiger charge is 2.25. The van der Waals surface area contributed by atoms with Crippen LogP contribution in [-0.2, 0) is 4.79 Å². The third kappa shape index (κ3) is 4.62. The number of likely N-dealkylation sites (tertiary alicyclic amines) is 1. The maximum Gasteiger partial charge on any atom is 0.260 e. The van der Waals surface area contributed by atoms with Crippen LogP contribution >= 0.6 is 11.6 Å². The zero-order chi connectivity index (χ0) is 16.1. The van der Waals surface area contributed by atoms with Crippen molar-refractivity contribution in [3.8, 4) is 5.75 Å². The lowest BCUT2D eigenvalue weighted by Crippen LogP contribution is -2.39. The SMILES string of the molecule is CC(Oc1ccccc1Cl)C(=O)NCC1CCN(C(C)C)C1. The van der Waals surface area contributed by atoms with Crippen LogP contribution in [0.4, 0.5) is 0 Å². The predicted molar refractivity (Wildman–Crippen MR) is 89.4 cm³/mol. The molecule has 0 bridgehead atoms. The minimum absolute atomic E-state index is 0.0945. The number of amides is 1. The smallest absolute Gasteiger partial charge is 0.260 e. The van der Waals surface area contributed by atoms with E-state index >= 15 is 0 Å². The Labute approximate surface area is 137 Å². The average molecular weight is 325 g/mol. The van der Waals surface area contributed by atoms with E-state index in [2.05, 4.69) is 24.1 Å². The zero-order valence-electron chi connectivity index (χ0n) is 13.5. The summed E-state index contributed by atoms with van der Waals surface area (Å²) in [5.74, 6) is 0.973. The Morgan fingerprint density at radius 1 is 1.41 bits per heavy atom. The molecule has 1 fully saturated rings. The van der Waals surface area contributed by atoms with Crippen molar-refractivity contribution in [3.63, 3.8) is 0 Å². The lowest BCUT2D eigenvalue weighted by molar-refractivity contribution is -0.127. The number of carbonyl (C=O) groups excluding carboxylic acids is 1. The molecule has 0 spiro atoms. The van der Waals surface area contributed by atoms with Crippen LogP contribution in [0.1, 0.15) is 27.2 Å². The number of para-hydroxylation sites is 1. The van der Waals surface area contributed by atoms with Gasteiger partial charge in [-0.25, -0.2) is 0 Å². The van der Waals surface area contributed by atoms with Gasteiger partial charge in [0, 0.05) is 19.1 Å². The summed E-state index contributed by atoms with van der Waals surface area (Å²) in [5.41, 5.74) is 0. The van der Waals surface area contributed by atoms with Gasteiger partial charge in [-0.15, -0.1) is 0 Å². The number of carbonyl (C=O) groups is 1. The molecule has 2 unspecified atom stereocenters.